The van der Waals surface area contributed by atoms with Crippen LogP contribution in [0, 0.1) is 0 Å². The van der Waals surface area contributed by atoms with Crippen LogP contribution in [0.2, 0.25) is 0 Å². The summed E-state index contributed by atoms with van der Waals surface area (Å²) >= 11 is 0. The van der Waals surface area contributed by atoms with Crippen LogP contribution in [0.4, 0.5) is 0 Å². The number of allylic oxidation sites excluding steroid dienone is 3. The fourth-order valence-electron chi connectivity index (χ4n) is 10.9. The van der Waals surface area contributed by atoms with Gasteiger partial charge in [-0.25, -0.2) is 0 Å². The number of aliphatic hydroxyl groups excluding tert-OH is 2. The van der Waals surface area contributed by atoms with Crippen molar-refractivity contribution in [1.82, 2.24) is 5.32 Å². The van der Waals surface area contributed by atoms with Gasteiger partial charge in [-0.2, -0.15) is 0 Å². The van der Waals surface area contributed by atoms with Crippen LogP contribution < -0.4 is 5.32 Å². The number of hydrogen-bond donors (Lipinski definition) is 3. The number of amides is 1. The van der Waals surface area contributed by atoms with Crippen LogP contribution in [0.15, 0.2) is 24.3 Å². The molecule has 0 aliphatic rings. The highest BCUT2D eigenvalue weighted by atomic mass is 16.5. The predicted octanol–water partition coefficient (Wildman–Crippen LogP) is 22.1. The third-order valence-electron chi connectivity index (χ3n) is 16.2. The summed E-state index contributed by atoms with van der Waals surface area (Å²) in [5, 5.41) is 23.2. The van der Waals surface area contributed by atoms with Crippen molar-refractivity contribution in [2.24, 2.45) is 0 Å². The average molecular weight is 1070 g/mol. The van der Waals surface area contributed by atoms with Gasteiger partial charge in [0, 0.05) is 12.8 Å². The minimum Gasteiger partial charge on any atom is -0.466 e. The Kier molecular flexibility index (Phi) is 64.4. The molecule has 1 amide bonds. The average Bonchev–Trinajstić information content (AvgIpc) is 3.42. The van der Waals surface area contributed by atoms with Crippen LogP contribution in [0.25, 0.3) is 0 Å². The summed E-state index contributed by atoms with van der Waals surface area (Å²) in [4.78, 5) is 24.6. The van der Waals surface area contributed by atoms with Gasteiger partial charge in [-0.05, 0) is 57.8 Å². The number of esters is 1. The SMILES string of the molecule is CCCCCCCCC/C=C\CCCCCCCC(=O)OCCCCCCCCCCCCCCCCCCCCCCCCCCCC(=O)NC(CO)C(O)/C=C/CCCCCCCCCCCCCCCCCC. The Hall–Kier alpha value is -1.66. The molecule has 450 valence electrons. The fourth-order valence-corrected chi connectivity index (χ4v) is 10.9. The summed E-state index contributed by atoms with van der Waals surface area (Å²) in [6, 6.07) is -0.627. The molecule has 0 aromatic rings. The van der Waals surface area contributed by atoms with Crippen LogP contribution in [0.5, 0.6) is 0 Å². The fraction of sp³-hybridized carbons (Fsp3) is 0.914. The van der Waals surface area contributed by atoms with Crippen LogP contribution in [0.3, 0.4) is 0 Å². The maximum atomic E-state index is 12.5. The highest BCUT2D eigenvalue weighted by Gasteiger charge is 2.18. The number of ether oxygens (including phenoxy) is 1. The quantitative estimate of drug-likeness (QED) is 0.0320. The van der Waals surface area contributed by atoms with Gasteiger partial charge in [0.15, 0.2) is 0 Å². The van der Waals surface area contributed by atoms with E-state index in [1.165, 1.54) is 315 Å². The van der Waals surface area contributed by atoms with Gasteiger partial charge < -0.3 is 20.3 Å². The molecule has 6 nitrogen and oxygen atoms in total. The van der Waals surface area contributed by atoms with Crippen molar-refractivity contribution in [3.8, 4) is 0 Å². The first-order chi connectivity index (χ1) is 37.5. The minimum atomic E-state index is -0.844. The van der Waals surface area contributed by atoms with Gasteiger partial charge in [0.2, 0.25) is 5.91 Å². The minimum absolute atomic E-state index is 0.00927. The molecule has 0 saturated carbocycles. The van der Waals surface area contributed by atoms with E-state index >= 15 is 0 Å². The number of unbranched alkanes of at least 4 members (excludes halogenated alkanes) is 52. The second-order valence-corrected chi connectivity index (χ2v) is 23.9. The standard InChI is InChI=1S/C70H135NO5/c1-3-5-7-9-11-13-15-17-19-21-31-34-38-42-46-50-54-58-62-68(73)67(66-72)71-69(74)63-59-55-51-47-43-39-35-32-29-27-25-23-22-24-26-28-30-33-37-41-45-49-53-57-61-65-76-70(75)64-60-56-52-48-44-40-36-20-18-16-14-12-10-8-6-4-2/h20,36,58,62,67-68,72-73H,3-19,21-35,37-57,59-61,63-66H2,1-2H3,(H,71,74)/b36-20-,62-58+. The molecule has 0 heterocycles. The third kappa shape index (κ3) is 61.6. The summed E-state index contributed by atoms with van der Waals surface area (Å²) in [6.45, 7) is 4.93. The Balaban J connectivity index is 3.38. The largest absolute Gasteiger partial charge is 0.466 e. The van der Waals surface area contributed by atoms with E-state index in [0.717, 1.165) is 44.9 Å². The molecule has 0 fully saturated rings. The first-order valence-corrected chi connectivity index (χ1v) is 34.6. The van der Waals surface area contributed by atoms with Gasteiger partial charge in [-0.1, -0.05) is 340 Å². The van der Waals surface area contributed by atoms with Gasteiger partial charge in [-0.15, -0.1) is 0 Å². The van der Waals surface area contributed by atoms with Crippen LogP contribution >= 0.6 is 0 Å². The van der Waals surface area contributed by atoms with Gasteiger partial charge in [0.05, 0.1) is 25.4 Å². The molecule has 0 saturated heterocycles. The smallest absolute Gasteiger partial charge is 0.305 e. The van der Waals surface area contributed by atoms with Crippen molar-refractivity contribution in [3.63, 3.8) is 0 Å². The first-order valence-electron chi connectivity index (χ1n) is 34.6. The Morgan fingerprint density at radius 1 is 0.355 bits per heavy atom. The molecular formula is C70H135NO5. The molecule has 0 aromatic carbocycles. The molecule has 76 heavy (non-hydrogen) atoms. The predicted molar refractivity (Wildman–Crippen MR) is 333 cm³/mol. The maximum Gasteiger partial charge on any atom is 0.305 e. The van der Waals surface area contributed by atoms with Crippen LogP contribution in [0.1, 0.15) is 386 Å². The summed E-state index contributed by atoms with van der Waals surface area (Å²) in [6.07, 6.45) is 82.5. The van der Waals surface area contributed by atoms with E-state index in [4.69, 9.17) is 4.74 Å². The van der Waals surface area contributed by atoms with Crippen molar-refractivity contribution < 1.29 is 24.5 Å². The molecule has 0 radical (unpaired) electrons. The van der Waals surface area contributed by atoms with Crippen molar-refractivity contribution >= 4 is 11.9 Å². The van der Waals surface area contributed by atoms with Crippen LogP contribution in [-0.2, 0) is 14.3 Å². The van der Waals surface area contributed by atoms with E-state index < -0.39 is 12.1 Å². The number of aliphatic hydroxyl groups is 2. The van der Waals surface area contributed by atoms with E-state index in [2.05, 4.69) is 31.3 Å². The molecule has 6 heteroatoms. The topological polar surface area (TPSA) is 95.9 Å². The van der Waals surface area contributed by atoms with E-state index in [9.17, 15) is 19.8 Å². The molecule has 2 atom stereocenters. The number of rotatable bonds is 65. The zero-order valence-corrected chi connectivity index (χ0v) is 51.5. The Bertz CT molecular complexity index is 1190. The highest BCUT2D eigenvalue weighted by Crippen LogP contribution is 2.19. The van der Waals surface area contributed by atoms with E-state index in [1.54, 1.807) is 6.08 Å². The first kappa shape index (κ1) is 74.3. The second-order valence-electron chi connectivity index (χ2n) is 23.9. The Labute approximate surface area is 475 Å². The summed E-state index contributed by atoms with van der Waals surface area (Å²) in [7, 11) is 0. The lowest BCUT2D eigenvalue weighted by molar-refractivity contribution is -0.143. The van der Waals surface area contributed by atoms with Crippen LogP contribution in [-0.4, -0.2) is 47.4 Å². The maximum absolute atomic E-state index is 12.5. The second kappa shape index (κ2) is 65.9. The monoisotopic (exact) mass is 1070 g/mol. The number of hydrogen-bond acceptors (Lipinski definition) is 5. The zero-order chi connectivity index (χ0) is 55.0. The van der Waals surface area contributed by atoms with Gasteiger partial charge in [-0.3, -0.25) is 9.59 Å². The Morgan fingerprint density at radius 3 is 0.934 bits per heavy atom. The van der Waals surface area contributed by atoms with E-state index in [-0.39, 0.29) is 18.5 Å². The van der Waals surface area contributed by atoms with Crippen molar-refractivity contribution in [2.45, 2.75) is 398 Å². The molecule has 0 rings (SSSR count). The van der Waals surface area contributed by atoms with Gasteiger partial charge in [0.25, 0.3) is 0 Å². The summed E-state index contributed by atoms with van der Waals surface area (Å²) in [5.41, 5.74) is 0. The molecule has 0 bridgehead atoms. The summed E-state index contributed by atoms with van der Waals surface area (Å²) < 4.78 is 5.49. The van der Waals surface area contributed by atoms with Crippen molar-refractivity contribution in [3.05, 3.63) is 24.3 Å². The normalized spacial score (nSPS) is 12.6. The van der Waals surface area contributed by atoms with Gasteiger partial charge >= 0.3 is 5.97 Å². The lowest BCUT2D eigenvalue weighted by atomic mass is 10.0. The molecule has 3 N–H and O–H groups in total. The van der Waals surface area contributed by atoms with E-state index in [0.29, 0.717) is 19.4 Å². The molecule has 0 aromatic heterocycles. The lowest BCUT2D eigenvalue weighted by Gasteiger charge is -2.20. The molecule has 0 aliphatic carbocycles. The molecule has 0 spiro atoms. The molecular weight excluding hydrogens is 935 g/mol. The van der Waals surface area contributed by atoms with E-state index in [1.807, 2.05) is 6.08 Å². The number of carbonyl (C=O) groups is 2. The molecule has 2 unspecified atom stereocenters. The summed E-state index contributed by atoms with van der Waals surface area (Å²) in [5.74, 6) is -0.0537. The zero-order valence-electron chi connectivity index (χ0n) is 51.5. The molecule has 0 aliphatic heterocycles. The number of carbonyl (C=O) groups excluding carboxylic acids is 2. The third-order valence-corrected chi connectivity index (χ3v) is 16.2. The van der Waals surface area contributed by atoms with Crippen molar-refractivity contribution in [2.75, 3.05) is 13.2 Å². The van der Waals surface area contributed by atoms with Crippen molar-refractivity contribution in [1.29, 1.82) is 0 Å². The van der Waals surface area contributed by atoms with Gasteiger partial charge in [0.1, 0.15) is 0 Å². The Morgan fingerprint density at radius 2 is 0.618 bits per heavy atom. The number of nitrogens with one attached hydrogen (secondary N) is 1. The highest BCUT2D eigenvalue weighted by molar-refractivity contribution is 5.76. The lowest BCUT2D eigenvalue weighted by Crippen LogP contribution is -2.45.